The molecule has 0 spiro atoms. The van der Waals surface area contributed by atoms with Gasteiger partial charge < -0.3 is 14.8 Å². The minimum atomic E-state index is -0.186. The third-order valence-corrected chi connectivity index (χ3v) is 5.55. The van der Waals surface area contributed by atoms with Crippen LogP contribution in [0.2, 0.25) is 0 Å². The van der Waals surface area contributed by atoms with E-state index < -0.39 is 0 Å². The molecule has 1 heterocycles. The molecule has 2 aromatic carbocycles. The van der Waals surface area contributed by atoms with Gasteiger partial charge in [-0.3, -0.25) is 4.79 Å². The van der Waals surface area contributed by atoms with Crippen molar-refractivity contribution in [1.82, 2.24) is 5.32 Å². The average molecular weight is 464 g/mol. The molecule has 1 amide bonds. The molecule has 140 valence electrons. The van der Waals surface area contributed by atoms with E-state index in [2.05, 4.69) is 21.2 Å². The SMILES string of the molecule is Cc1cccc(C)c1OCCOc1ccc(Br)cc1C=C1SC(=S)NC1=O. The summed E-state index contributed by atoms with van der Waals surface area (Å²) in [4.78, 5) is 12.5. The highest BCUT2D eigenvalue weighted by Crippen LogP contribution is 2.31. The van der Waals surface area contributed by atoms with E-state index in [-0.39, 0.29) is 5.91 Å². The zero-order valence-corrected chi connectivity index (χ0v) is 18.1. The number of para-hydroxylation sites is 1. The number of rotatable bonds is 6. The van der Waals surface area contributed by atoms with E-state index in [1.165, 1.54) is 11.8 Å². The molecule has 1 N–H and O–H groups in total. The van der Waals surface area contributed by atoms with E-state index in [4.69, 9.17) is 21.7 Å². The number of benzene rings is 2. The topological polar surface area (TPSA) is 47.6 Å². The zero-order valence-electron chi connectivity index (χ0n) is 14.9. The highest BCUT2D eigenvalue weighted by Gasteiger charge is 2.22. The van der Waals surface area contributed by atoms with E-state index >= 15 is 0 Å². The predicted octanol–water partition coefficient (Wildman–Crippen LogP) is 5.01. The molecule has 4 nitrogen and oxygen atoms in total. The lowest BCUT2D eigenvalue weighted by molar-refractivity contribution is -0.115. The third-order valence-electron chi connectivity index (χ3n) is 3.90. The largest absolute Gasteiger partial charge is 0.489 e. The first-order valence-corrected chi connectivity index (χ1v) is 10.3. The molecule has 0 aliphatic carbocycles. The second-order valence-corrected chi connectivity index (χ2v) is 8.59. The third kappa shape index (κ3) is 5.12. The molecule has 0 radical (unpaired) electrons. The molecule has 1 fully saturated rings. The van der Waals surface area contributed by atoms with Crippen LogP contribution in [0.5, 0.6) is 11.5 Å². The van der Waals surface area contributed by atoms with Crippen LogP contribution in [-0.2, 0) is 4.79 Å². The second-order valence-electron chi connectivity index (χ2n) is 5.95. The number of ether oxygens (including phenoxy) is 2. The first kappa shape index (κ1) is 19.9. The van der Waals surface area contributed by atoms with Crippen molar-refractivity contribution in [3.05, 3.63) is 62.5 Å². The molecule has 2 aromatic rings. The number of aryl methyl sites for hydroxylation is 2. The first-order chi connectivity index (χ1) is 12.9. The smallest absolute Gasteiger partial charge is 0.263 e. The Labute approximate surface area is 176 Å². The van der Waals surface area contributed by atoms with E-state index in [1.807, 2.05) is 50.2 Å². The normalized spacial score (nSPS) is 15.1. The van der Waals surface area contributed by atoms with Gasteiger partial charge in [-0.05, 0) is 49.2 Å². The van der Waals surface area contributed by atoms with Crippen molar-refractivity contribution >= 4 is 56.2 Å². The summed E-state index contributed by atoms with van der Waals surface area (Å²) < 4.78 is 13.2. The summed E-state index contributed by atoms with van der Waals surface area (Å²) in [5, 5.41) is 2.62. The standard InChI is InChI=1S/C20H18BrNO3S2/c1-12-4-3-5-13(2)18(12)25-9-8-24-16-7-6-15(21)10-14(16)11-17-19(23)22-20(26)27-17/h3-7,10-11H,8-9H2,1-2H3,(H,22,23,26). The molecule has 7 heteroatoms. The summed E-state index contributed by atoms with van der Waals surface area (Å²) in [6.45, 7) is 4.87. The van der Waals surface area contributed by atoms with Crippen LogP contribution in [0.15, 0.2) is 45.8 Å². The van der Waals surface area contributed by atoms with Gasteiger partial charge in [0.25, 0.3) is 5.91 Å². The van der Waals surface area contributed by atoms with Crippen LogP contribution in [-0.4, -0.2) is 23.4 Å². The predicted molar refractivity (Wildman–Crippen MR) is 117 cm³/mol. The Morgan fingerprint density at radius 2 is 1.85 bits per heavy atom. The minimum Gasteiger partial charge on any atom is -0.489 e. The Balaban J connectivity index is 1.68. The lowest BCUT2D eigenvalue weighted by atomic mass is 10.1. The quantitative estimate of drug-likeness (QED) is 0.370. The monoisotopic (exact) mass is 463 g/mol. The zero-order chi connectivity index (χ0) is 19.4. The fourth-order valence-electron chi connectivity index (χ4n) is 2.65. The molecular formula is C20H18BrNO3S2. The fraction of sp³-hybridized carbons (Fsp3) is 0.200. The molecule has 0 aromatic heterocycles. The second kappa shape index (κ2) is 8.91. The highest BCUT2D eigenvalue weighted by atomic mass is 79.9. The number of amides is 1. The first-order valence-electron chi connectivity index (χ1n) is 8.30. The summed E-state index contributed by atoms with van der Waals surface area (Å²) in [5.41, 5.74) is 3.01. The summed E-state index contributed by atoms with van der Waals surface area (Å²) in [6.07, 6.45) is 1.78. The molecule has 1 aliphatic heterocycles. The Kier molecular flexibility index (Phi) is 6.57. The maximum absolute atomic E-state index is 11.9. The van der Waals surface area contributed by atoms with Crippen molar-refractivity contribution < 1.29 is 14.3 Å². The van der Waals surface area contributed by atoms with Gasteiger partial charge in [-0.2, -0.15) is 0 Å². The molecule has 3 rings (SSSR count). The summed E-state index contributed by atoms with van der Waals surface area (Å²) in [5.74, 6) is 1.39. The van der Waals surface area contributed by atoms with Crippen LogP contribution >= 0.6 is 39.9 Å². The van der Waals surface area contributed by atoms with E-state index in [1.54, 1.807) is 6.08 Å². The van der Waals surface area contributed by atoms with Crippen LogP contribution < -0.4 is 14.8 Å². The Hall–Kier alpha value is -1.83. The fourth-order valence-corrected chi connectivity index (χ4v) is 4.06. The van der Waals surface area contributed by atoms with Crippen LogP contribution in [0.3, 0.4) is 0 Å². The van der Waals surface area contributed by atoms with Gasteiger partial charge in [0.05, 0.1) is 4.91 Å². The van der Waals surface area contributed by atoms with Crippen molar-refractivity contribution in [3.8, 4) is 11.5 Å². The van der Waals surface area contributed by atoms with E-state index in [9.17, 15) is 4.79 Å². The number of thioether (sulfide) groups is 1. The van der Waals surface area contributed by atoms with Crippen LogP contribution in [0.1, 0.15) is 16.7 Å². The van der Waals surface area contributed by atoms with Crippen molar-refractivity contribution in [2.24, 2.45) is 0 Å². The number of carbonyl (C=O) groups is 1. The average Bonchev–Trinajstić information content (AvgIpc) is 2.92. The van der Waals surface area contributed by atoms with E-state index in [0.717, 1.165) is 26.9 Å². The summed E-state index contributed by atoms with van der Waals surface area (Å²) in [6, 6.07) is 11.7. The van der Waals surface area contributed by atoms with Crippen molar-refractivity contribution in [2.75, 3.05) is 13.2 Å². The number of hydrogen-bond acceptors (Lipinski definition) is 5. The highest BCUT2D eigenvalue weighted by molar-refractivity contribution is 9.10. The number of thiocarbonyl (C=S) groups is 1. The van der Waals surface area contributed by atoms with Crippen molar-refractivity contribution in [3.63, 3.8) is 0 Å². The minimum absolute atomic E-state index is 0.186. The van der Waals surface area contributed by atoms with Gasteiger partial charge in [0.2, 0.25) is 0 Å². The number of hydrogen-bond donors (Lipinski definition) is 1. The van der Waals surface area contributed by atoms with Crippen molar-refractivity contribution in [2.45, 2.75) is 13.8 Å². The lowest BCUT2D eigenvalue weighted by Gasteiger charge is -2.14. The molecule has 1 aliphatic rings. The maximum Gasteiger partial charge on any atom is 0.263 e. The molecular weight excluding hydrogens is 446 g/mol. The van der Waals surface area contributed by atoms with Gasteiger partial charge in [-0.15, -0.1) is 0 Å². The van der Waals surface area contributed by atoms with Gasteiger partial charge in [0.15, 0.2) is 0 Å². The Bertz CT molecular complexity index is 907. The number of nitrogens with one attached hydrogen (secondary N) is 1. The lowest BCUT2D eigenvalue weighted by Crippen LogP contribution is -2.17. The molecule has 0 saturated carbocycles. The van der Waals surface area contributed by atoms with Gasteiger partial charge in [0, 0.05) is 10.0 Å². The van der Waals surface area contributed by atoms with E-state index in [0.29, 0.717) is 28.2 Å². The van der Waals surface area contributed by atoms with Crippen LogP contribution in [0.25, 0.3) is 6.08 Å². The van der Waals surface area contributed by atoms with Gasteiger partial charge >= 0.3 is 0 Å². The molecule has 27 heavy (non-hydrogen) atoms. The van der Waals surface area contributed by atoms with Crippen LogP contribution in [0, 0.1) is 13.8 Å². The molecule has 0 atom stereocenters. The summed E-state index contributed by atoms with van der Waals surface area (Å²) in [7, 11) is 0. The molecule has 1 saturated heterocycles. The maximum atomic E-state index is 11.9. The summed E-state index contributed by atoms with van der Waals surface area (Å²) >= 11 is 9.74. The number of carbonyl (C=O) groups excluding carboxylic acids is 1. The van der Waals surface area contributed by atoms with Crippen LogP contribution in [0.4, 0.5) is 0 Å². The van der Waals surface area contributed by atoms with Gasteiger partial charge in [-0.1, -0.05) is 58.1 Å². The van der Waals surface area contributed by atoms with Gasteiger partial charge in [-0.25, -0.2) is 0 Å². The molecule has 0 unspecified atom stereocenters. The molecule has 0 bridgehead atoms. The van der Waals surface area contributed by atoms with Gasteiger partial charge in [0.1, 0.15) is 29.0 Å². The Morgan fingerprint density at radius 1 is 1.15 bits per heavy atom. The van der Waals surface area contributed by atoms with Crippen molar-refractivity contribution in [1.29, 1.82) is 0 Å². The number of halogens is 1. The Morgan fingerprint density at radius 3 is 2.52 bits per heavy atom.